The van der Waals surface area contributed by atoms with Gasteiger partial charge in [0.05, 0.1) is 5.69 Å². The van der Waals surface area contributed by atoms with Crippen molar-refractivity contribution in [3.05, 3.63) is 16.8 Å². The summed E-state index contributed by atoms with van der Waals surface area (Å²) >= 11 is 0. The smallest absolute Gasteiger partial charge is 0.169 e. The highest BCUT2D eigenvalue weighted by Gasteiger charge is 2.23. The van der Waals surface area contributed by atoms with E-state index in [0.29, 0.717) is 17.5 Å². The molecule has 5 heteroatoms. The summed E-state index contributed by atoms with van der Waals surface area (Å²) in [5.41, 5.74) is 2.45. The molecule has 0 aromatic carbocycles. The Balaban J connectivity index is 2.30. The minimum Gasteiger partial charge on any atom is -0.351 e. The van der Waals surface area contributed by atoms with Gasteiger partial charge in [-0.15, -0.1) is 5.10 Å². The lowest BCUT2D eigenvalue weighted by molar-refractivity contribution is 0.366. The van der Waals surface area contributed by atoms with Crippen LogP contribution in [0.5, 0.6) is 0 Å². The maximum absolute atomic E-state index is 9.51. The Morgan fingerprint density at radius 1 is 1.29 bits per heavy atom. The van der Waals surface area contributed by atoms with Crippen molar-refractivity contribution in [2.75, 3.05) is 24.5 Å². The summed E-state index contributed by atoms with van der Waals surface area (Å²) in [7, 11) is 0. The van der Waals surface area contributed by atoms with Crippen molar-refractivity contribution >= 4 is 5.82 Å². The Bertz CT molecular complexity index is 526. The summed E-state index contributed by atoms with van der Waals surface area (Å²) in [4.78, 5) is 2.24. The van der Waals surface area contributed by atoms with Crippen LogP contribution in [-0.4, -0.2) is 35.9 Å². The maximum atomic E-state index is 9.51. The molecule has 0 atom stereocenters. The van der Waals surface area contributed by atoms with E-state index in [-0.39, 0.29) is 0 Å². The maximum Gasteiger partial charge on any atom is 0.169 e. The molecule has 2 heterocycles. The van der Waals surface area contributed by atoms with Crippen LogP contribution in [0.3, 0.4) is 0 Å². The standard InChI is InChI=1S/C16H25N5/c1-11(2)21(10-14-5-7-18-8-6-14)16-15(9-17)12(3)13(4)19-20-16/h11,14,18H,5-8,10H2,1-4H3. The number of nitriles is 1. The largest absolute Gasteiger partial charge is 0.351 e. The predicted molar refractivity (Wildman–Crippen MR) is 84.3 cm³/mol. The fraction of sp³-hybridized carbons (Fsp3) is 0.688. The molecule has 0 spiro atoms. The molecule has 1 aromatic rings. The highest BCUT2D eigenvalue weighted by Crippen LogP contribution is 2.25. The van der Waals surface area contributed by atoms with Gasteiger partial charge in [-0.3, -0.25) is 0 Å². The second kappa shape index (κ2) is 6.86. The number of piperidine rings is 1. The third kappa shape index (κ3) is 3.51. The third-order valence-corrected chi connectivity index (χ3v) is 4.36. The summed E-state index contributed by atoms with van der Waals surface area (Å²) in [6, 6.07) is 2.63. The molecule has 0 amide bonds. The summed E-state index contributed by atoms with van der Waals surface area (Å²) in [5.74, 6) is 1.40. The predicted octanol–water partition coefficient (Wildman–Crippen LogP) is 2.18. The number of rotatable bonds is 4. The monoisotopic (exact) mass is 287 g/mol. The Morgan fingerprint density at radius 3 is 2.52 bits per heavy atom. The molecule has 0 aliphatic carbocycles. The minimum absolute atomic E-state index is 0.309. The van der Waals surface area contributed by atoms with Gasteiger partial charge in [0.1, 0.15) is 11.6 Å². The zero-order valence-electron chi connectivity index (χ0n) is 13.5. The molecule has 1 N–H and O–H groups in total. The fourth-order valence-corrected chi connectivity index (χ4v) is 2.82. The van der Waals surface area contributed by atoms with Crippen molar-refractivity contribution in [1.82, 2.24) is 15.5 Å². The molecular weight excluding hydrogens is 262 g/mol. The van der Waals surface area contributed by atoms with Gasteiger partial charge in [-0.2, -0.15) is 10.4 Å². The lowest BCUT2D eigenvalue weighted by Crippen LogP contribution is -2.40. The summed E-state index contributed by atoms with van der Waals surface area (Å²) in [6.45, 7) is 11.3. The van der Waals surface area contributed by atoms with Crippen LogP contribution < -0.4 is 10.2 Å². The van der Waals surface area contributed by atoms with E-state index in [1.165, 1.54) is 12.8 Å². The molecule has 21 heavy (non-hydrogen) atoms. The van der Waals surface area contributed by atoms with Crippen molar-refractivity contribution in [2.45, 2.75) is 46.6 Å². The Morgan fingerprint density at radius 2 is 1.95 bits per heavy atom. The van der Waals surface area contributed by atoms with E-state index >= 15 is 0 Å². The lowest BCUT2D eigenvalue weighted by Gasteiger charge is -2.34. The van der Waals surface area contributed by atoms with Gasteiger partial charge in [-0.1, -0.05) is 0 Å². The molecule has 1 aliphatic heterocycles. The highest BCUT2D eigenvalue weighted by atomic mass is 15.3. The van der Waals surface area contributed by atoms with Gasteiger partial charge < -0.3 is 10.2 Å². The van der Waals surface area contributed by atoms with Gasteiger partial charge in [0.15, 0.2) is 5.82 Å². The van der Waals surface area contributed by atoms with Gasteiger partial charge in [-0.25, -0.2) is 0 Å². The Labute approximate surface area is 127 Å². The van der Waals surface area contributed by atoms with Crippen LogP contribution in [0.4, 0.5) is 5.82 Å². The average Bonchev–Trinajstić information content (AvgIpc) is 2.48. The van der Waals surface area contributed by atoms with Gasteiger partial charge in [0.2, 0.25) is 0 Å². The number of nitrogens with zero attached hydrogens (tertiary/aromatic N) is 4. The van der Waals surface area contributed by atoms with Crippen LogP contribution in [0.25, 0.3) is 0 Å². The quantitative estimate of drug-likeness (QED) is 0.919. The van der Waals surface area contributed by atoms with Crippen molar-refractivity contribution in [3.63, 3.8) is 0 Å². The number of aromatic nitrogens is 2. The molecule has 0 bridgehead atoms. The van der Waals surface area contributed by atoms with Gasteiger partial charge in [-0.05, 0) is 65.1 Å². The number of anilines is 1. The average molecular weight is 287 g/mol. The van der Waals surface area contributed by atoms with Gasteiger partial charge in [0, 0.05) is 12.6 Å². The van der Waals surface area contributed by atoms with Crippen molar-refractivity contribution in [3.8, 4) is 6.07 Å². The van der Waals surface area contributed by atoms with Crippen molar-refractivity contribution in [2.24, 2.45) is 5.92 Å². The van der Waals surface area contributed by atoms with Crippen LogP contribution in [-0.2, 0) is 0 Å². The topological polar surface area (TPSA) is 64.8 Å². The van der Waals surface area contributed by atoms with Crippen LogP contribution in [0, 0.1) is 31.1 Å². The third-order valence-electron chi connectivity index (χ3n) is 4.36. The van der Waals surface area contributed by atoms with E-state index in [1.807, 2.05) is 13.8 Å². The second-order valence-electron chi connectivity index (χ2n) is 6.16. The zero-order chi connectivity index (χ0) is 15.4. The molecular formula is C16H25N5. The number of nitrogens with one attached hydrogen (secondary N) is 1. The van der Waals surface area contributed by atoms with Crippen LogP contribution in [0.2, 0.25) is 0 Å². The van der Waals surface area contributed by atoms with E-state index in [2.05, 4.69) is 40.3 Å². The molecule has 114 valence electrons. The van der Waals surface area contributed by atoms with Crippen molar-refractivity contribution < 1.29 is 0 Å². The fourth-order valence-electron chi connectivity index (χ4n) is 2.82. The first-order valence-corrected chi connectivity index (χ1v) is 7.76. The highest BCUT2D eigenvalue weighted by molar-refractivity contribution is 5.58. The Hall–Kier alpha value is -1.67. The molecule has 1 fully saturated rings. The molecule has 2 rings (SSSR count). The first-order valence-electron chi connectivity index (χ1n) is 7.76. The molecule has 1 saturated heterocycles. The zero-order valence-corrected chi connectivity index (χ0v) is 13.5. The molecule has 5 nitrogen and oxygen atoms in total. The second-order valence-corrected chi connectivity index (χ2v) is 6.16. The van der Waals surface area contributed by atoms with E-state index in [0.717, 1.165) is 36.7 Å². The van der Waals surface area contributed by atoms with Crippen molar-refractivity contribution in [1.29, 1.82) is 5.26 Å². The number of hydrogen-bond donors (Lipinski definition) is 1. The molecule has 1 aromatic heterocycles. The molecule has 0 unspecified atom stereocenters. The van der Waals surface area contributed by atoms with E-state index in [1.54, 1.807) is 0 Å². The summed E-state index contributed by atoms with van der Waals surface area (Å²) in [6.07, 6.45) is 2.37. The summed E-state index contributed by atoms with van der Waals surface area (Å²) < 4.78 is 0. The molecule has 0 radical (unpaired) electrons. The summed E-state index contributed by atoms with van der Waals surface area (Å²) in [5, 5.41) is 21.5. The number of aryl methyl sites for hydroxylation is 1. The van der Waals surface area contributed by atoms with E-state index in [4.69, 9.17) is 0 Å². The van der Waals surface area contributed by atoms with Gasteiger partial charge >= 0.3 is 0 Å². The first-order chi connectivity index (χ1) is 10.0. The van der Waals surface area contributed by atoms with E-state index in [9.17, 15) is 5.26 Å². The van der Waals surface area contributed by atoms with Gasteiger partial charge in [0.25, 0.3) is 0 Å². The van der Waals surface area contributed by atoms with Crippen LogP contribution >= 0.6 is 0 Å². The van der Waals surface area contributed by atoms with Crippen LogP contribution in [0.1, 0.15) is 43.5 Å². The lowest BCUT2D eigenvalue weighted by atomic mass is 9.96. The minimum atomic E-state index is 0.309. The first kappa shape index (κ1) is 15.7. The SMILES string of the molecule is Cc1nnc(N(CC2CCNCC2)C(C)C)c(C#N)c1C. The van der Waals surface area contributed by atoms with E-state index < -0.39 is 0 Å². The molecule has 1 aliphatic rings. The molecule has 0 saturated carbocycles. The normalized spacial score (nSPS) is 16.0. The van der Waals surface area contributed by atoms with Crippen LogP contribution in [0.15, 0.2) is 0 Å². The Kier molecular flexibility index (Phi) is 5.13. The number of hydrogen-bond acceptors (Lipinski definition) is 5.